The zero-order chi connectivity index (χ0) is 41.5. The molecule has 0 aromatic carbocycles. The van der Waals surface area contributed by atoms with Crippen molar-refractivity contribution in [1.29, 1.82) is 0 Å². The summed E-state index contributed by atoms with van der Waals surface area (Å²) in [4.78, 5) is 24.4. The van der Waals surface area contributed by atoms with Crippen LogP contribution in [-0.4, -0.2) is 47.4 Å². The predicted molar refractivity (Wildman–Crippen MR) is 246 cm³/mol. The lowest BCUT2D eigenvalue weighted by molar-refractivity contribution is -0.143. The summed E-state index contributed by atoms with van der Waals surface area (Å²) in [7, 11) is 0. The minimum Gasteiger partial charge on any atom is -0.466 e. The molecule has 2 unspecified atom stereocenters. The highest BCUT2D eigenvalue weighted by Crippen LogP contribution is 2.16. The SMILES string of the molecule is CCCCCC/C=C\CCCCCCCC(=O)OCCCCCCCCCCCCCCCCCCC(=O)NC(CO)C(O)CCCCCCCCCCCCC. The van der Waals surface area contributed by atoms with Gasteiger partial charge in [0.1, 0.15) is 0 Å². The maximum absolute atomic E-state index is 12.4. The molecule has 2 atom stereocenters. The van der Waals surface area contributed by atoms with Crippen molar-refractivity contribution >= 4 is 11.9 Å². The summed E-state index contributed by atoms with van der Waals surface area (Å²) >= 11 is 0. The molecule has 0 rings (SSSR count). The van der Waals surface area contributed by atoms with Crippen LogP contribution in [0.3, 0.4) is 0 Å². The molecule has 338 valence electrons. The molecule has 0 aliphatic rings. The molecule has 0 saturated heterocycles. The van der Waals surface area contributed by atoms with Gasteiger partial charge in [0.15, 0.2) is 0 Å². The zero-order valence-electron chi connectivity index (χ0n) is 38.3. The molecule has 0 radical (unpaired) electrons. The van der Waals surface area contributed by atoms with Crippen molar-refractivity contribution in [3.63, 3.8) is 0 Å². The number of rotatable bonds is 47. The second kappa shape index (κ2) is 47.3. The Morgan fingerprint density at radius 3 is 1.26 bits per heavy atom. The topological polar surface area (TPSA) is 95.9 Å². The first-order valence-electron chi connectivity index (χ1n) is 25.4. The Balaban J connectivity index is 3.41. The Hall–Kier alpha value is -1.40. The fourth-order valence-electron chi connectivity index (χ4n) is 7.87. The van der Waals surface area contributed by atoms with Crippen molar-refractivity contribution in [2.45, 2.75) is 289 Å². The van der Waals surface area contributed by atoms with Crippen LogP contribution < -0.4 is 5.32 Å². The summed E-state index contributed by atoms with van der Waals surface area (Å²) in [6, 6.07) is -0.544. The standard InChI is InChI=1S/C51H99NO5/c1-3-5-7-9-11-13-15-20-25-29-33-37-41-45-51(56)57-46-42-38-34-30-26-22-19-17-16-18-21-24-28-32-36-40-44-50(55)52-48(47-53)49(54)43-39-35-31-27-23-14-12-10-8-6-4-2/h13,15,48-49,53-54H,3-12,14,16-47H2,1-2H3,(H,52,55)/b15-13-. The van der Waals surface area contributed by atoms with E-state index < -0.39 is 12.1 Å². The van der Waals surface area contributed by atoms with Crippen molar-refractivity contribution in [3.05, 3.63) is 12.2 Å². The fourth-order valence-corrected chi connectivity index (χ4v) is 7.87. The van der Waals surface area contributed by atoms with Gasteiger partial charge >= 0.3 is 5.97 Å². The van der Waals surface area contributed by atoms with E-state index in [0.29, 0.717) is 25.9 Å². The normalized spacial score (nSPS) is 12.7. The third kappa shape index (κ3) is 44.0. The van der Waals surface area contributed by atoms with Gasteiger partial charge in [-0.05, 0) is 51.4 Å². The van der Waals surface area contributed by atoms with Gasteiger partial charge in [0.05, 0.1) is 25.4 Å². The van der Waals surface area contributed by atoms with Gasteiger partial charge in [-0.2, -0.15) is 0 Å². The molecule has 0 aliphatic carbocycles. The van der Waals surface area contributed by atoms with E-state index in [9.17, 15) is 19.8 Å². The predicted octanol–water partition coefficient (Wildman–Crippen LogP) is 15.0. The Labute approximate surface area is 355 Å². The van der Waals surface area contributed by atoms with E-state index in [0.717, 1.165) is 44.9 Å². The first-order chi connectivity index (χ1) is 28.0. The van der Waals surface area contributed by atoms with E-state index in [4.69, 9.17) is 4.74 Å². The largest absolute Gasteiger partial charge is 0.466 e. The van der Waals surface area contributed by atoms with Gasteiger partial charge in [0.2, 0.25) is 5.91 Å². The number of hydrogen-bond donors (Lipinski definition) is 3. The highest BCUT2D eigenvalue weighted by molar-refractivity contribution is 5.76. The van der Waals surface area contributed by atoms with Gasteiger partial charge in [0.25, 0.3) is 0 Å². The number of ether oxygens (including phenoxy) is 1. The van der Waals surface area contributed by atoms with Gasteiger partial charge in [-0.25, -0.2) is 0 Å². The molecule has 0 aromatic heterocycles. The lowest BCUT2D eigenvalue weighted by atomic mass is 10.0. The average Bonchev–Trinajstić information content (AvgIpc) is 3.21. The van der Waals surface area contributed by atoms with Crippen LogP contribution in [0.25, 0.3) is 0 Å². The van der Waals surface area contributed by atoms with Gasteiger partial charge in [0, 0.05) is 12.8 Å². The van der Waals surface area contributed by atoms with Crippen molar-refractivity contribution in [2.24, 2.45) is 0 Å². The molecule has 6 heteroatoms. The number of esters is 1. The monoisotopic (exact) mass is 806 g/mol. The molecule has 0 bridgehead atoms. The average molecular weight is 806 g/mol. The highest BCUT2D eigenvalue weighted by Gasteiger charge is 2.20. The molecule has 6 nitrogen and oxygen atoms in total. The molecule has 0 aliphatic heterocycles. The molecular weight excluding hydrogens is 707 g/mol. The number of aliphatic hydroxyl groups excluding tert-OH is 2. The minimum atomic E-state index is -0.666. The summed E-state index contributed by atoms with van der Waals surface area (Å²) in [6.45, 7) is 4.91. The first kappa shape index (κ1) is 55.6. The molecule has 0 aromatic rings. The van der Waals surface area contributed by atoms with Crippen molar-refractivity contribution in [1.82, 2.24) is 5.32 Å². The van der Waals surface area contributed by atoms with E-state index in [-0.39, 0.29) is 18.5 Å². The van der Waals surface area contributed by atoms with E-state index in [1.807, 2.05) is 0 Å². The van der Waals surface area contributed by atoms with Crippen LogP contribution in [0.4, 0.5) is 0 Å². The van der Waals surface area contributed by atoms with Crippen LogP contribution in [0.1, 0.15) is 277 Å². The number of carbonyl (C=O) groups is 2. The Morgan fingerprint density at radius 2 is 0.825 bits per heavy atom. The highest BCUT2D eigenvalue weighted by atomic mass is 16.5. The minimum absolute atomic E-state index is 0.00616. The Bertz CT molecular complexity index is 847. The summed E-state index contributed by atoms with van der Waals surface area (Å²) in [6.07, 6.45) is 53.2. The number of aliphatic hydroxyl groups is 2. The third-order valence-electron chi connectivity index (χ3n) is 11.8. The van der Waals surface area contributed by atoms with E-state index in [1.165, 1.54) is 199 Å². The number of nitrogens with one attached hydrogen (secondary N) is 1. The number of hydrogen-bond acceptors (Lipinski definition) is 5. The van der Waals surface area contributed by atoms with Crippen LogP contribution in [-0.2, 0) is 14.3 Å². The first-order valence-corrected chi connectivity index (χ1v) is 25.4. The van der Waals surface area contributed by atoms with Crippen LogP contribution in [0, 0.1) is 0 Å². The quantitative estimate of drug-likeness (QED) is 0.0323. The summed E-state index contributed by atoms with van der Waals surface area (Å²) in [5, 5.41) is 23.1. The van der Waals surface area contributed by atoms with E-state index >= 15 is 0 Å². The van der Waals surface area contributed by atoms with Crippen molar-refractivity contribution in [2.75, 3.05) is 13.2 Å². The Morgan fingerprint density at radius 1 is 0.474 bits per heavy atom. The van der Waals surface area contributed by atoms with E-state index in [1.54, 1.807) is 0 Å². The summed E-state index contributed by atoms with van der Waals surface area (Å²) < 4.78 is 5.45. The third-order valence-corrected chi connectivity index (χ3v) is 11.8. The lowest BCUT2D eigenvalue weighted by Gasteiger charge is -2.22. The lowest BCUT2D eigenvalue weighted by Crippen LogP contribution is -2.45. The molecule has 1 amide bonds. The number of amides is 1. The van der Waals surface area contributed by atoms with Crippen molar-refractivity contribution in [3.8, 4) is 0 Å². The second-order valence-corrected chi connectivity index (χ2v) is 17.5. The van der Waals surface area contributed by atoms with Crippen LogP contribution in [0.5, 0.6) is 0 Å². The second-order valence-electron chi connectivity index (χ2n) is 17.5. The van der Waals surface area contributed by atoms with Crippen LogP contribution in [0.15, 0.2) is 12.2 Å². The molecule has 0 heterocycles. The smallest absolute Gasteiger partial charge is 0.305 e. The van der Waals surface area contributed by atoms with E-state index in [2.05, 4.69) is 31.3 Å². The summed E-state index contributed by atoms with van der Waals surface area (Å²) in [5.74, 6) is -0.0489. The van der Waals surface area contributed by atoms with Gasteiger partial charge in [-0.1, -0.05) is 225 Å². The molecule has 0 spiro atoms. The fraction of sp³-hybridized carbons (Fsp3) is 0.922. The van der Waals surface area contributed by atoms with Crippen LogP contribution in [0.2, 0.25) is 0 Å². The number of allylic oxidation sites excluding steroid dienone is 2. The Kier molecular flexibility index (Phi) is 46.1. The van der Waals surface area contributed by atoms with Crippen molar-refractivity contribution < 1.29 is 24.5 Å². The molecule has 0 saturated carbocycles. The summed E-state index contributed by atoms with van der Waals surface area (Å²) in [5.41, 5.74) is 0. The molecule has 3 N–H and O–H groups in total. The molecule has 0 fully saturated rings. The maximum Gasteiger partial charge on any atom is 0.305 e. The molecular formula is C51H99NO5. The zero-order valence-corrected chi connectivity index (χ0v) is 38.3. The van der Waals surface area contributed by atoms with Gasteiger partial charge in [-0.3, -0.25) is 9.59 Å². The number of unbranched alkanes of at least 4 members (excludes halogenated alkanes) is 34. The number of carbonyl (C=O) groups excluding carboxylic acids is 2. The van der Waals surface area contributed by atoms with Gasteiger partial charge in [-0.15, -0.1) is 0 Å². The van der Waals surface area contributed by atoms with Gasteiger partial charge < -0.3 is 20.3 Å². The molecule has 57 heavy (non-hydrogen) atoms. The van der Waals surface area contributed by atoms with Crippen LogP contribution >= 0.6 is 0 Å². The maximum atomic E-state index is 12.4.